The molecule has 0 atom stereocenters. The van der Waals surface area contributed by atoms with Gasteiger partial charge in [-0.2, -0.15) is 0 Å². The summed E-state index contributed by atoms with van der Waals surface area (Å²) in [6.45, 7) is 2.63. The monoisotopic (exact) mass is 408 g/mol. The smallest absolute Gasteiger partial charge is 0.336 e. The molecule has 4 rings (SSSR count). The Morgan fingerprint density at radius 2 is 1.77 bits per heavy atom. The first-order chi connectivity index (χ1) is 14.6. The Labute approximate surface area is 174 Å². The first-order valence-electron chi connectivity index (χ1n) is 10.2. The number of hydrogen-bond donors (Lipinski definition) is 0. The van der Waals surface area contributed by atoms with Crippen molar-refractivity contribution in [3.05, 3.63) is 69.6 Å². The molecule has 3 aromatic rings. The second-order valence-electron chi connectivity index (χ2n) is 7.20. The van der Waals surface area contributed by atoms with Crippen molar-refractivity contribution in [3.8, 4) is 11.5 Å². The Morgan fingerprint density at radius 3 is 2.53 bits per heavy atom. The molecule has 0 spiro atoms. The maximum atomic E-state index is 12.2. The second-order valence-corrected chi connectivity index (χ2v) is 7.20. The van der Waals surface area contributed by atoms with Gasteiger partial charge in [0.25, 0.3) is 0 Å². The minimum Gasteiger partial charge on any atom is -0.490 e. The molecule has 0 saturated carbocycles. The van der Waals surface area contributed by atoms with Crippen molar-refractivity contribution in [2.75, 3.05) is 13.2 Å². The van der Waals surface area contributed by atoms with E-state index in [-0.39, 0.29) is 19.6 Å². The van der Waals surface area contributed by atoms with Crippen molar-refractivity contribution in [1.82, 2.24) is 0 Å². The molecule has 0 bridgehead atoms. The molecule has 30 heavy (non-hydrogen) atoms. The van der Waals surface area contributed by atoms with Crippen LogP contribution in [0.25, 0.3) is 11.0 Å². The largest absolute Gasteiger partial charge is 0.490 e. The van der Waals surface area contributed by atoms with Crippen LogP contribution in [0.15, 0.2) is 51.7 Å². The second kappa shape index (κ2) is 9.03. The average molecular weight is 408 g/mol. The van der Waals surface area contributed by atoms with Gasteiger partial charge in [-0.1, -0.05) is 12.1 Å². The van der Waals surface area contributed by atoms with E-state index in [4.69, 9.17) is 18.6 Å². The molecular weight excluding hydrogens is 384 g/mol. The van der Waals surface area contributed by atoms with E-state index in [9.17, 15) is 9.59 Å². The van der Waals surface area contributed by atoms with Gasteiger partial charge in [0.1, 0.15) is 12.2 Å². The van der Waals surface area contributed by atoms with Crippen molar-refractivity contribution >= 4 is 16.9 Å². The molecule has 2 aromatic carbocycles. The first kappa shape index (κ1) is 20.0. The highest BCUT2D eigenvalue weighted by atomic mass is 16.5. The van der Waals surface area contributed by atoms with Crippen LogP contribution in [-0.2, 0) is 29.0 Å². The lowest BCUT2D eigenvalue weighted by molar-refractivity contribution is -0.145. The van der Waals surface area contributed by atoms with E-state index < -0.39 is 11.6 Å². The molecule has 156 valence electrons. The molecule has 0 unspecified atom stereocenters. The number of ether oxygens (including phenoxy) is 3. The number of carbonyl (C=O) groups is 1. The van der Waals surface area contributed by atoms with Gasteiger partial charge in [0.05, 0.1) is 19.6 Å². The SMILES string of the molecule is CCOc1ccccc1OCCC(=O)OCc1cc(=O)oc2cc3c(cc12)CCC3. The van der Waals surface area contributed by atoms with Crippen molar-refractivity contribution < 1.29 is 23.4 Å². The fourth-order valence-electron chi connectivity index (χ4n) is 3.73. The van der Waals surface area contributed by atoms with Crippen LogP contribution < -0.4 is 15.1 Å². The van der Waals surface area contributed by atoms with E-state index in [1.54, 1.807) is 6.07 Å². The predicted molar refractivity (Wildman–Crippen MR) is 112 cm³/mol. The molecule has 1 aliphatic carbocycles. The number of benzene rings is 2. The number of esters is 1. The number of aryl methyl sites for hydroxylation is 2. The number of fused-ring (bicyclic) bond motifs is 2. The Morgan fingerprint density at radius 1 is 1.03 bits per heavy atom. The summed E-state index contributed by atoms with van der Waals surface area (Å²) < 4.78 is 21.9. The van der Waals surface area contributed by atoms with Crippen LogP contribution in [0.2, 0.25) is 0 Å². The van der Waals surface area contributed by atoms with Crippen molar-refractivity contribution in [2.45, 2.75) is 39.2 Å². The third kappa shape index (κ3) is 4.48. The summed E-state index contributed by atoms with van der Waals surface area (Å²) in [4.78, 5) is 24.1. The van der Waals surface area contributed by atoms with Crippen LogP contribution in [0, 0.1) is 0 Å². The molecule has 0 N–H and O–H groups in total. The Kier molecular flexibility index (Phi) is 6.02. The first-order valence-corrected chi connectivity index (χ1v) is 10.2. The van der Waals surface area contributed by atoms with Gasteiger partial charge >= 0.3 is 11.6 Å². The normalized spacial score (nSPS) is 12.6. The Balaban J connectivity index is 1.37. The van der Waals surface area contributed by atoms with Gasteiger partial charge in [-0.25, -0.2) is 4.79 Å². The van der Waals surface area contributed by atoms with E-state index in [0.717, 1.165) is 24.6 Å². The molecule has 1 heterocycles. The zero-order valence-electron chi connectivity index (χ0n) is 16.9. The lowest BCUT2D eigenvalue weighted by atomic mass is 10.0. The van der Waals surface area contributed by atoms with Crippen LogP contribution in [-0.4, -0.2) is 19.2 Å². The number of para-hydroxylation sites is 2. The minimum absolute atomic E-state index is 0.0231. The fourth-order valence-corrected chi connectivity index (χ4v) is 3.73. The van der Waals surface area contributed by atoms with Gasteiger partial charge in [-0.3, -0.25) is 4.79 Å². The van der Waals surface area contributed by atoms with Gasteiger partial charge in [0.15, 0.2) is 11.5 Å². The molecule has 1 aromatic heterocycles. The summed E-state index contributed by atoms with van der Waals surface area (Å²) in [5.41, 5.74) is 3.26. The van der Waals surface area contributed by atoms with Crippen LogP contribution >= 0.6 is 0 Å². The fraction of sp³-hybridized carbons (Fsp3) is 0.333. The van der Waals surface area contributed by atoms with Gasteiger partial charge in [0.2, 0.25) is 0 Å². The zero-order chi connectivity index (χ0) is 20.9. The molecule has 0 radical (unpaired) electrons. The van der Waals surface area contributed by atoms with E-state index in [2.05, 4.69) is 6.07 Å². The van der Waals surface area contributed by atoms with Crippen molar-refractivity contribution in [3.63, 3.8) is 0 Å². The maximum absolute atomic E-state index is 12.2. The number of carbonyl (C=O) groups excluding carboxylic acids is 1. The highest BCUT2D eigenvalue weighted by molar-refractivity contribution is 5.82. The number of rotatable bonds is 8. The number of hydrogen-bond acceptors (Lipinski definition) is 6. The third-order valence-electron chi connectivity index (χ3n) is 5.14. The topological polar surface area (TPSA) is 75.0 Å². The van der Waals surface area contributed by atoms with Gasteiger partial charge in [-0.15, -0.1) is 0 Å². The summed E-state index contributed by atoms with van der Waals surface area (Å²) in [6.07, 6.45) is 3.21. The molecular formula is C24H24O6. The molecule has 1 aliphatic rings. The molecule has 0 saturated heterocycles. The van der Waals surface area contributed by atoms with Crippen LogP contribution in [0.5, 0.6) is 11.5 Å². The summed E-state index contributed by atoms with van der Waals surface area (Å²) in [5.74, 6) is 0.836. The molecule has 6 heteroatoms. The molecule has 6 nitrogen and oxygen atoms in total. The molecule has 0 amide bonds. The van der Waals surface area contributed by atoms with Gasteiger partial charge in [-0.05, 0) is 61.6 Å². The van der Waals surface area contributed by atoms with Gasteiger partial charge in [0, 0.05) is 17.0 Å². The predicted octanol–water partition coefficient (Wildman–Crippen LogP) is 4.19. The molecule has 0 fully saturated rings. The Hall–Kier alpha value is -3.28. The maximum Gasteiger partial charge on any atom is 0.336 e. The minimum atomic E-state index is -0.442. The summed E-state index contributed by atoms with van der Waals surface area (Å²) >= 11 is 0. The highest BCUT2D eigenvalue weighted by Gasteiger charge is 2.16. The van der Waals surface area contributed by atoms with Crippen LogP contribution in [0.3, 0.4) is 0 Å². The average Bonchev–Trinajstić information content (AvgIpc) is 3.19. The van der Waals surface area contributed by atoms with Crippen LogP contribution in [0.4, 0.5) is 0 Å². The standard InChI is InChI=1S/C24H24O6/c1-2-27-20-8-3-4-9-21(20)28-11-10-23(25)29-15-18-14-24(26)30-22-13-17-7-5-6-16(17)12-19(18)22/h3-4,8-9,12-14H,2,5-7,10-11,15H2,1H3. The third-order valence-corrected chi connectivity index (χ3v) is 5.14. The zero-order valence-corrected chi connectivity index (χ0v) is 16.9. The van der Waals surface area contributed by atoms with E-state index >= 15 is 0 Å². The summed E-state index contributed by atoms with van der Waals surface area (Å²) in [6, 6.07) is 12.7. The summed E-state index contributed by atoms with van der Waals surface area (Å²) in [5, 5.41) is 0.824. The van der Waals surface area contributed by atoms with E-state index in [1.165, 1.54) is 17.2 Å². The van der Waals surface area contributed by atoms with E-state index in [0.29, 0.717) is 29.3 Å². The lowest BCUT2D eigenvalue weighted by Gasteiger charge is -2.12. The van der Waals surface area contributed by atoms with Crippen LogP contribution in [0.1, 0.15) is 36.5 Å². The highest BCUT2D eigenvalue weighted by Crippen LogP contribution is 2.29. The summed E-state index contributed by atoms with van der Waals surface area (Å²) in [7, 11) is 0. The van der Waals surface area contributed by atoms with Crippen molar-refractivity contribution in [1.29, 1.82) is 0 Å². The van der Waals surface area contributed by atoms with E-state index in [1.807, 2.05) is 31.2 Å². The van der Waals surface area contributed by atoms with Crippen molar-refractivity contribution in [2.24, 2.45) is 0 Å². The quantitative estimate of drug-likeness (QED) is 0.411. The Bertz CT molecular complexity index is 1110. The lowest BCUT2D eigenvalue weighted by Crippen LogP contribution is -2.11. The molecule has 0 aliphatic heterocycles. The van der Waals surface area contributed by atoms with Gasteiger partial charge < -0.3 is 18.6 Å².